The van der Waals surface area contributed by atoms with Gasteiger partial charge in [-0.05, 0) is 19.1 Å². The third kappa shape index (κ3) is 3.72. The van der Waals surface area contributed by atoms with E-state index in [1.807, 2.05) is 37.3 Å². The number of para-hydroxylation sites is 1. The molecule has 98 valence electrons. The summed E-state index contributed by atoms with van der Waals surface area (Å²) in [4.78, 5) is 11.6. The summed E-state index contributed by atoms with van der Waals surface area (Å²) in [6.45, 7) is 3.63. The van der Waals surface area contributed by atoms with Gasteiger partial charge < -0.3 is 20.1 Å². The van der Waals surface area contributed by atoms with E-state index in [4.69, 9.17) is 9.47 Å². The van der Waals surface area contributed by atoms with Crippen molar-refractivity contribution >= 4 is 11.7 Å². The van der Waals surface area contributed by atoms with Crippen LogP contribution >= 0.6 is 0 Å². The molecule has 5 heteroatoms. The van der Waals surface area contributed by atoms with E-state index in [9.17, 15) is 4.79 Å². The number of carbonyl (C=O) groups is 1. The van der Waals surface area contributed by atoms with Crippen LogP contribution in [-0.4, -0.2) is 31.6 Å². The summed E-state index contributed by atoms with van der Waals surface area (Å²) in [6.07, 6.45) is 0.634. The minimum Gasteiger partial charge on any atom is -0.348 e. The molecule has 1 aliphatic rings. The first-order valence-electron chi connectivity index (χ1n) is 6.06. The van der Waals surface area contributed by atoms with Crippen LogP contribution in [0.1, 0.15) is 13.3 Å². The van der Waals surface area contributed by atoms with E-state index in [0.29, 0.717) is 26.2 Å². The van der Waals surface area contributed by atoms with Crippen molar-refractivity contribution in [1.82, 2.24) is 5.32 Å². The maximum Gasteiger partial charge on any atom is 0.319 e. The number of hydrogen-bond donors (Lipinski definition) is 2. The fourth-order valence-corrected chi connectivity index (χ4v) is 1.80. The summed E-state index contributed by atoms with van der Waals surface area (Å²) in [5.74, 6) is -0.556. The largest absolute Gasteiger partial charge is 0.348 e. The van der Waals surface area contributed by atoms with Crippen LogP contribution in [0.15, 0.2) is 30.3 Å². The van der Waals surface area contributed by atoms with Crippen molar-refractivity contribution in [2.45, 2.75) is 19.1 Å². The van der Waals surface area contributed by atoms with Gasteiger partial charge in [0.05, 0.1) is 13.2 Å². The van der Waals surface area contributed by atoms with Crippen LogP contribution in [0.4, 0.5) is 10.5 Å². The average Bonchev–Trinajstić information content (AvgIpc) is 2.77. The van der Waals surface area contributed by atoms with Gasteiger partial charge in [-0.15, -0.1) is 0 Å². The zero-order valence-electron chi connectivity index (χ0n) is 10.4. The Kier molecular flexibility index (Phi) is 4.17. The fourth-order valence-electron chi connectivity index (χ4n) is 1.80. The molecule has 1 fully saturated rings. The quantitative estimate of drug-likeness (QED) is 0.858. The maximum atomic E-state index is 11.6. The Morgan fingerprint density at radius 2 is 1.94 bits per heavy atom. The number of amides is 2. The molecule has 2 N–H and O–H groups in total. The highest BCUT2D eigenvalue weighted by Crippen LogP contribution is 2.21. The normalized spacial score (nSPS) is 17.4. The predicted molar refractivity (Wildman–Crippen MR) is 68.4 cm³/mol. The van der Waals surface area contributed by atoms with Crippen LogP contribution in [0.3, 0.4) is 0 Å². The van der Waals surface area contributed by atoms with E-state index < -0.39 is 5.79 Å². The standard InChI is InChI=1S/C13H18N2O3/c1-13(17-9-10-18-13)7-8-14-12(16)15-11-5-3-2-4-6-11/h2-6H,7-10H2,1H3,(H2,14,15,16). The highest BCUT2D eigenvalue weighted by Gasteiger charge is 2.30. The van der Waals surface area contributed by atoms with Gasteiger partial charge in [-0.3, -0.25) is 0 Å². The number of urea groups is 1. The SMILES string of the molecule is CC1(CCNC(=O)Nc2ccccc2)OCCO1. The molecule has 1 saturated heterocycles. The molecule has 0 aromatic heterocycles. The molecule has 5 nitrogen and oxygen atoms in total. The second kappa shape index (κ2) is 5.84. The van der Waals surface area contributed by atoms with E-state index >= 15 is 0 Å². The number of carbonyl (C=O) groups excluding carboxylic acids is 1. The van der Waals surface area contributed by atoms with Gasteiger partial charge in [-0.1, -0.05) is 18.2 Å². The molecule has 2 amide bonds. The molecule has 1 aromatic carbocycles. The summed E-state index contributed by atoms with van der Waals surface area (Å²) in [5, 5.41) is 5.52. The Morgan fingerprint density at radius 1 is 1.28 bits per heavy atom. The smallest absolute Gasteiger partial charge is 0.319 e. The van der Waals surface area contributed by atoms with Crippen LogP contribution in [0, 0.1) is 0 Å². The van der Waals surface area contributed by atoms with Crippen molar-refractivity contribution in [3.63, 3.8) is 0 Å². The summed E-state index contributed by atoms with van der Waals surface area (Å²) in [6, 6.07) is 9.10. The highest BCUT2D eigenvalue weighted by molar-refractivity contribution is 5.89. The van der Waals surface area contributed by atoms with E-state index in [0.717, 1.165) is 5.69 Å². The number of anilines is 1. The third-order valence-electron chi connectivity index (χ3n) is 2.79. The number of ether oxygens (including phenoxy) is 2. The molecule has 1 aromatic rings. The number of hydrogen-bond acceptors (Lipinski definition) is 3. The monoisotopic (exact) mass is 250 g/mol. The Morgan fingerprint density at radius 3 is 2.61 bits per heavy atom. The molecule has 0 radical (unpaired) electrons. The van der Waals surface area contributed by atoms with Gasteiger partial charge in [-0.2, -0.15) is 0 Å². The molecule has 0 bridgehead atoms. The lowest BCUT2D eigenvalue weighted by Crippen LogP contribution is -2.35. The predicted octanol–water partition coefficient (Wildman–Crippen LogP) is 1.96. The summed E-state index contributed by atoms with van der Waals surface area (Å²) < 4.78 is 10.9. The first-order chi connectivity index (χ1) is 8.68. The summed E-state index contributed by atoms with van der Waals surface area (Å²) in [5.41, 5.74) is 0.773. The van der Waals surface area contributed by atoms with Gasteiger partial charge >= 0.3 is 6.03 Å². The topological polar surface area (TPSA) is 59.6 Å². The molecule has 0 unspecified atom stereocenters. The second-order valence-electron chi connectivity index (χ2n) is 4.33. The van der Waals surface area contributed by atoms with Crippen LogP contribution in [0.2, 0.25) is 0 Å². The first-order valence-corrected chi connectivity index (χ1v) is 6.06. The van der Waals surface area contributed by atoms with Crippen molar-refractivity contribution in [2.24, 2.45) is 0 Å². The van der Waals surface area contributed by atoms with Crippen molar-refractivity contribution in [1.29, 1.82) is 0 Å². The Balaban J connectivity index is 1.69. The van der Waals surface area contributed by atoms with E-state index in [1.54, 1.807) is 0 Å². The molecule has 0 atom stereocenters. The lowest BCUT2D eigenvalue weighted by molar-refractivity contribution is -0.145. The Hall–Kier alpha value is -1.59. The van der Waals surface area contributed by atoms with Gasteiger partial charge in [0.25, 0.3) is 0 Å². The summed E-state index contributed by atoms with van der Waals surface area (Å²) >= 11 is 0. The number of rotatable bonds is 4. The molecule has 2 rings (SSSR count). The van der Waals surface area contributed by atoms with Gasteiger partial charge in [-0.25, -0.2) is 4.79 Å². The lowest BCUT2D eigenvalue weighted by atomic mass is 10.2. The van der Waals surface area contributed by atoms with Crippen LogP contribution in [0.25, 0.3) is 0 Å². The minimum absolute atomic E-state index is 0.220. The number of nitrogens with one attached hydrogen (secondary N) is 2. The molecule has 0 aliphatic carbocycles. The van der Waals surface area contributed by atoms with Crippen molar-refractivity contribution in [3.05, 3.63) is 30.3 Å². The minimum atomic E-state index is -0.556. The third-order valence-corrected chi connectivity index (χ3v) is 2.79. The van der Waals surface area contributed by atoms with Crippen LogP contribution in [-0.2, 0) is 9.47 Å². The summed E-state index contributed by atoms with van der Waals surface area (Å²) in [7, 11) is 0. The molecule has 0 saturated carbocycles. The lowest BCUT2D eigenvalue weighted by Gasteiger charge is -2.22. The van der Waals surface area contributed by atoms with Crippen LogP contribution < -0.4 is 10.6 Å². The zero-order chi connectivity index (χ0) is 12.8. The van der Waals surface area contributed by atoms with Crippen molar-refractivity contribution in [3.8, 4) is 0 Å². The number of benzene rings is 1. The van der Waals surface area contributed by atoms with Crippen molar-refractivity contribution < 1.29 is 14.3 Å². The van der Waals surface area contributed by atoms with Gasteiger partial charge in [0.15, 0.2) is 5.79 Å². The molecule has 1 heterocycles. The molecule has 0 spiro atoms. The molecular weight excluding hydrogens is 232 g/mol. The molecule has 18 heavy (non-hydrogen) atoms. The van der Waals surface area contributed by atoms with E-state index in [2.05, 4.69) is 10.6 Å². The van der Waals surface area contributed by atoms with E-state index in [1.165, 1.54) is 0 Å². The Labute approximate surface area is 106 Å². The van der Waals surface area contributed by atoms with Crippen LogP contribution in [0.5, 0.6) is 0 Å². The maximum absolute atomic E-state index is 11.6. The fraction of sp³-hybridized carbons (Fsp3) is 0.462. The van der Waals surface area contributed by atoms with Gasteiger partial charge in [0.1, 0.15) is 0 Å². The first kappa shape index (κ1) is 12.9. The molecular formula is C13H18N2O3. The highest BCUT2D eigenvalue weighted by atomic mass is 16.7. The van der Waals surface area contributed by atoms with Gasteiger partial charge in [0, 0.05) is 18.7 Å². The van der Waals surface area contributed by atoms with E-state index in [-0.39, 0.29) is 6.03 Å². The van der Waals surface area contributed by atoms with Crippen molar-refractivity contribution in [2.75, 3.05) is 25.1 Å². The van der Waals surface area contributed by atoms with Gasteiger partial charge in [0.2, 0.25) is 0 Å². The molecule has 1 aliphatic heterocycles. The average molecular weight is 250 g/mol. The Bertz CT molecular complexity index is 388. The second-order valence-corrected chi connectivity index (χ2v) is 4.33. The zero-order valence-corrected chi connectivity index (χ0v) is 10.4.